The Kier molecular flexibility index (Phi) is 3.70. The summed E-state index contributed by atoms with van der Waals surface area (Å²) < 4.78 is 12.7. The van der Waals surface area contributed by atoms with Crippen molar-refractivity contribution in [1.82, 2.24) is 0 Å². The molecule has 0 spiro atoms. The van der Waals surface area contributed by atoms with Gasteiger partial charge in [0.1, 0.15) is 5.82 Å². The molecule has 0 fully saturated rings. The van der Waals surface area contributed by atoms with Gasteiger partial charge in [0, 0.05) is 5.69 Å². The van der Waals surface area contributed by atoms with Crippen LogP contribution in [0.1, 0.15) is 17.3 Å². The third kappa shape index (κ3) is 2.20. The van der Waals surface area contributed by atoms with Crippen molar-refractivity contribution in [3.63, 3.8) is 0 Å². The number of hydrogen-bond acceptors (Lipinski definition) is 2. The zero-order valence-corrected chi connectivity index (χ0v) is 7.32. The Labute approximate surface area is 76.0 Å². The fourth-order valence-corrected chi connectivity index (χ4v) is 0.813. The number of ketones is 1. The molecule has 0 atom stereocenters. The number of rotatable bonds is 1. The maximum atomic E-state index is 12.7. The van der Waals surface area contributed by atoms with Crippen molar-refractivity contribution in [3.8, 4) is 0 Å². The smallest absolute Gasteiger partial charge is 0.162 e. The topological polar surface area (TPSA) is 43.1 Å². The lowest BCUT2D eigenvalue weighted by atomic mass is 10.1. The Hall–Kier alpha value is -1.09. The van der Waals surface area contributed by atoms with Crippen molar-refractivity contribution in [3.05, 3.63) is 29.6 Å². The van der Waals surface area contributed by atoms with E-state index in [1.807, 2.05) is 0 Å². The van der Waals surface area contributed by atoms with Crippen LogP contribution in [0.3, 0.4) is 0 Å². The fraction of sp³-hybridized carbons (Fsp3) is 0.125. The molecule has 0 heterocycles. The minimum atomic E-state index is -0.522. The minimum absolute atomic E-state index is 0. The molecule has 0 aliphatic heterocycles. The van der Waals surface area contributed by atoms with E-state index in [1.54, 1.807) is 0 Å². The number of benzene rings is 1. The Morgan fingerprint density at radius 1 is 1.50 bits per heavy atom. The SMILES string of the molecule is CC(=O)c1cc(N)ccc1F.Cl. The molecular formula is C8H9ClFNO. The number of hydrogen-bond donors (Lipinski definition) is 1. The molecular weight excluding hydrogens is 181 g/mol. The monoisotopic (exact) mass is 189 g/mol. The van der Waals surface area contributed by atoms with Gasteiger partial charge in [-0.2, -0.15) is 0 Å². The van der Waals surface area contributed by atoms with Crippen LogP contribution in [0.5, 0.6) is 0 Å². The second-order valence-electron chi connectivity index (χ2n) is 2.30. The first-order chi connectivity index (χ1) is 5.11. The third-order valence-electron chi connectivity index (χ3n) is 1.37. The Morgan fingerprint density at radius 2 is 2.08 bits per heavy atom. The third-order valence-corrected chi connectivity index (χ3v) is 1.37. The van der Waals surface area contributed by atoms with Crippen molar-refractivity contribution in [2.75, 3.05) is 5.73 Å². The number of carbonyl (C=O) groups excluding carboxylic acids is 1. The summed E-state index contributed by atoms with van der Waals surface area (Å²) in [5.41, 5.74) is 5.79. The van der Waals surface area contributed by atoms with Crippen molar-refractivity contribution in [2.24, 2.45) is 0 Å². The highest BCUT2D eigenvalue weighted by atomic mass is 35.5. The summed E-state index contributed by atoms with van der Waals surface area (Å²) in [6, 6.07) is 3.94. The van der Waals surface area contributed by atoms with Gasteiger partial charge < -0.3 is 5.73 Å². The highest BCUT2D eigenvalue weighted by Gasteiger charge is 2.05. The molecule has 0 saturated heterocycles. The molecule has 1 aromatic carbocycles. The Morgan fingerprint density at radius 3 is 2.50 bits per heavy atom. The molecule has 2 nitrogen and oxygen atoms in total. The van der Waals surface area contributed by atoms with Crippen molar-refractivity contribution in [2.45, 2.75) is 6.92 Å². The highest BCUT2D eigenvalue weighted by molar-refractivity contribution is 5.95. The van der Waals surface area contributed by atoms with E-state index < -0.39 is 5.82 Å². The summed E-state index contributed by atoms with van der Waals surface area (Å²) >= 11 is 0. The number of anilines is 1. The average molecular weight is 190 g/mol. The molecule has 66 valence electrons. The van der Waals surface area contributed by atoms with Gasteiger partial charge in [0.2, 0.25) is 0 Å². The second kappa shape index (κ2) is 4.07. The molecule has 2 N–H and O–H groups in total. The van der Waals surface area contributed by atoms with Crippen molar-refractivity contribution in [1.29, 1.82) is 0 Å². The summed E-state index contributed by atoms with van der Waals surface area (Å²) in [6.45, 7) is 1.30. The zero-order valence-electron chi connectivity index (χ0n) is 6.50. The minimum Gasteiger partial charge on any atom is -0.399 e. The quantitative estimate of drug-likeness (QED) is 0.543. The lowest BCUT2D eigenvalue weighted by Crippen LogP contribution is -1.98. The van der Waals surface area contributed by atoms with E-state index in [-0.39, 0.29) is 23.8 Å². The molecule has 1 aromatic rings. The molecule has 12 heavy (non-hydrogen) atoms. The lowest BCUT2D eigenvalue weighted by molar-refractivity contribution is 0.101. The van der Waals surface area contributed by atoms with Gasteiger partial charge in [-0.1, -0.05) is 0 Å². The molecule has 0 aliphatic carbocycles. The first kappa shape index (κ1) is 10.9. The van der Waals surface area contributed by atoms with Crippen LogP contribution in [-0.2, 0) is 0 Å². The summed E-state index contributed by atoms with van der Waals surface area (Å²) in [5.74, 6) is -0.832. The summed E-state index contributed by atoms with van der Waals surface area (Å²) in [5, 5.41) is 0. The van der Waals surface area contributed by atoms with Crippen LogP contribution in [0.25, 0.3) is 0 Å². The van der Waals surface area contributed by atoms with E-state index >= 15 is 0 Å². The van der Waals surface area contributed by atoms with Gasteiger partial charge in [-0.05, 0) is 25.1 Å². The van der Waals surface area contributed by atoms with E-state index in [9.17, 15) is 9.18 Å². The number of nitrogen functional groups attached to an aromatic ring is 1. The maximum absolute atomic E-state index is 12.7. The normalized spacial score (nSPS) is 8.83. The molecule has 0 unspecified atom stereocenters. The lowest BCUT2D eigenvalue weighted by Gasteiger charge is -1.98. The van der Waals surface area contributed by atoms with E-state index in [4.69, 9.17) is 5.73 Å². The number of halogens is 2. The largest absolute Gasteiger partial charge is 0.399 e. The predicted molar refractivity (Wildman–Crippen MR) is 48.1 cm³/mol. The van der Waals surface area contributed by atoms with Crippen LogP contribution < -0.4 is 5.73 Å². The molecule has 1 rings (SSSR count). The van der Waals surface area contributed by atoms with Gasteiger partial charge in [-0.15, -0.1) is 12.4 Å². The molecule has 0 aromatic heterocycles. The van der Waals surface area contributed by atoms with Crippen molar-refractivity contribution >= 4 is 23.9 Å². The van der Waals surface area contributed by atoms with Gasteiger partial charge in [0.15, 0.2) is 5.78 Å². The molecule has 0 amide bonds. The zero-order chi connectivity index (χ0) is 8.43. The highest BCUT2D eigenvalue weighted by Crippen LogP contribution is 2.11. The summed E-state index contributed by atoms with van der Waals surface area (Å²) in [7, 11) is 0. The number of Topliss-reactive ketones (excluding diaryl/α,β-unsaturated/α-hetero) is 1. The fourth-order valence-electron chi connectivity index (χ4n) is 0.813. The van der Waals surface area contributed by atoms with Gasteiger partial charge in [-0.25, -0.2) is 4.39 Å². The number of carbonyl (C=O) groups is 1. The molecule has 0 bridgehead atoms. The molecule has 0 aliphatic rings. The molecule has 0 radical (unpaired) electrons. The van der Waals surface area contributed by atoms with Gasteiger partial charge in [0.25, 0.3) is 0 Å². The Balaban J connectivity index is 0.00000121. The second-order valence-corrected chi connectivity index (χ2v) is 2.30. The van der Waals surface area contributed by atoms with Gasteiger partial charge >= 0.3 is 0 Å². The average Bonchev–Trinajstić information content (AvgIpc) is 1.94. The number of nitrogens with two attached hydrogens (primary N) is 1. The van der Waals surface area contributed by atoms with Gasteiger partial charge in [-0.3, -0.25) is 4.79 Å². The molecule has 4 heteroatoms. The van der Waals surface area contributed by atoms with Crippen LogP contribution in [0, 0.1) is 5.82 Å². The van der Waals surface area contributed by atoms with E-state index in [0.717, 1.165) is 0 Å². The first-order valence-corrected chi connectivity index (χ1v) is 3.17. The van der Waals surface area contributed by atoms with Crippen LogP contribution in [0.15, 0.2) is 18.2 Å². The van der Waals surface area contributed by atoms with E-state index in [2.05, 4.69) is 0 Å². The van der Waals surface area contributed by atoms with Crippen LogP contribution in [0.4, 0.5) is 10.1 Å². The first-order valence-electron chi connectivity index (χ1n) is 3.17. The van der Waals surface area contributed by atoms with E-state index in [0.29, 0.717) is 5.69 Å². The standard InChI is InChI=1S/C8H8FNO.ClH/c1-5(11)7-4-6(10)2-3-8(7)9;/h2-4H,10H2,1H3;1H. The van der Waals surface area contributed by atoms with Crippen LogP contribution in [-0.4, -0.2) is 5.78 Å². The summed E-state index contributed by atoms with van der Waals surface area (Å²) in [6.07, 6.45) is 0. The van der Waals surface area contributed by atoms with Crippen LogP contribution >= 0.6 is 12.4 Å². The van der Waals surface area contributed by atoms with Crippen LogP contribution in [0.2, 0.25) is 0 Å². The Bertz CT molecular complexity index is 301. The predicted octanol–water partition coefficient (Wildman–Crippen LogP) is 2.03. The van der Waals surface area contributed by atoms with Crippen molar-refractivity contribution < 1.29 is 9.18 Å². The summed E-state index contributed by atoms with van der Waals surface area (Å²) in [4.78, 5) is 10.7. The van der Waals surface area contributed by atoms with E-state index in [1.165, 1.54) is 25.1 Å². The van der Waals surface area contributed by atoms with Gasteiger partial charge in [0.05, 0.1) is 5.56 Å². The maximum Gasteiger partial charge on any atom is 0.162 e. The molecule has 0 saturated carbocycles.